The number of nitrogens with zero attached hydrogens (tertiary/aromatic N) is 2. The van der Waals surface area contributed by atoms with Crippen molar-refractivity contribution in [2.75, 3.05) is 0 Å². The van der Waals surface area contributed by atoms with E-state index < -0.39 is 5.97 Å². The van der Waals surface area contributed by atoms with Gasteiger partial charge in [-0.05, 0) is 48.9 Å². The first kappa shape index (κ1) is 13.6. The van der Waals surface area contributed by atoms with Gasteiger partial charge in [0.1, 0.15) is 5.82 Å². The highest BCUT2D eigenvalue weighted by atomic mass is 35.5. The van der Waals surface area contributed by atoms with Gasteiger partial charge in [0.25, 0.3) is 0 Å². The number of aromatic nitrogens is 2. The summed E-state index contributed by atoms with van der Waals surface area (Å²) in [5.41, 5.74) is 3.73. The summed E-state index contributed by atoms with van der Waals surface area (Å²) in [7, 11) is 1.90. The highest BCUT2D eigenvalue weighted by Gasteiger charge is 2.13. The SMILES string of the molecule is Cc1cc(Cl)cc(-c2nc3cc(C(=O)O)ccc3n2C)c1. The van der Waals surface area contributed by atoms with Gasteiger partial charge in [-0.2, -0.15) is 0 Å². The van der Waals surface area contributed by atoms with Crippen LogP contribution in [0.2, 0.25) is 5.02 Å². The molecule has 4 nitrogen and oxygen atoms in total. The van der Waals surface area contributed by atoms with Crippen molar-refractivity contribution in [2.24, 2.45) is 7.05 Å². The van der Waals surface area contributed by atoms with Gasteiger partial charge >= 0.3 is 5.97 Å². The van der Waals surface area contributed by atoms with E-state index in [0.717, 1.165) is 22.5 Å². The number of imidazole rings is 1. The Hall–Kier alpha value is -2.33. The van der Waals surface area contributed by atoms with Crippen molar-refractivity contribution in [3.63, 3.8) is 0 Å². The quantitative estimate of drug-likeness (QED) is 0.781. The Labute approximate surface area is 126 Å². The van der Waals surface area contributed by atoms with Crippen LogP contribution in [0.15, 0.2) is 36.4 Å². The lowest BCUT2D eigenvalue weighted by molar-refractivity contribution is 0.0697. The summed E-state index contributed by atoms with van der Waals surface area (Å²) in [4.78, 5) is 15.6. The van der Waals surface area contributed by atoms with Crippen LogP contribution in [0.25, 0.3) is 22.4 Å². The van der Waals surface area contributed by atoms with Gasteiger partial charge in [-0.3, -0.25) is 0 Å². The molecule has 0 aliphatic heterocycles. The van der Waals surface area contributed by atoms with E-state index in [0.29, 0.717) is 10.5 Å². The number of carbonyl (C=O) groups is 1. The lowest BCUT2D eigenvalue weighted by Crippen LogP contribution is -1.96. The minimum atomic E-state index is -0.956. The predicted molar refractivity (Wildman–Crippen MR) is 82.9 cm³/mol. The zero-order valence-corrected chi connectivity index (χ0v) is 12.3. The van der Waals surface area contributed by atoms with Crippen molar-refractivity contribution in [1.29, 1.82) is 0 Å². The summed E-state index contributed by atoms with van der Waals surface area (Å²) in [6, 6.07) is 10.7. The van der Waals surface area contributed by atoms with Crippen LogP contribution in [0.3, 0.4) is 0 Å². The molecule has 0 radical (unpaired) electrons. The molecule has 0 bridgehead atoms. The van der Waals surface area contributed by atoms with Crippen molar-refractivity contribution in [1.82, 2.24) is 9.55 Å². The fraction of sp³-hybridized carbons (Fsp3) is 0.125. The molecular formula is C16H13ClN2O2. The van der Waals surface area contributed by atoms with Crippen LogP contribution in [0.4, 0.5) is 0 Å². The van der Waals surface area contributed by atoms with Gasteiger partial charge in [0.05, 0.1) is 16.6 Å². The minimum Gasteiger partial charge on any atom is -0.478 e. The standard InChI is InChI=1S/C16H13ClN2O2/c1-9-5-11(7-12(17)6-9)15-18-13-8-10(16(20)21)3-4-14(13)19(15)2/h3-8H,1-2H3,(H,20,21). The average molecular weight is 301 g/mol. The predicted octanol–water partition coefficient (Wildman–Crippen LogP) is 3.90. The molecule has 0 fully saturated rings. The summed E-state index contributed by atoms with van der Waals surface area (Å²) in [6.45, 7) is 1.97. The molecule has 0 amide bonds. The number of benzene rings is 2. The zero-order chi connectivity index (χ0) is 15.1. The molecule has 0 saturated heterocycles. The van der Waals surface area contributed by atoms with Crippen molar-refractivity contribution in [3.8, 4) is 11.4 Å². The summed E-state index contributed by atoms with van der Waals surface area (Å²) < 4.78 is 1.94. The average Bonchev–Trinajstić information content (AvgIpc) is 2.74. The summed E-state index contributed by atoms with van der Waals surface area (Å²) in [5, 5.41) is 9.71. The van der Waals surface area contributed by atoms with Crippen LogP contribution >= 0.6 is 11.6 Å². The van der Waals surface area contributed by atoms with Crippen LogP contribution in [0.5, 0.6) is 0 Å². The monoisotopic (exact) mass is 300 g/mol. The Morgan fingerprint density at radius 2 is 2.00 bits per heavy atom. The fourth-order valence-electron chi connectivity index (χ4n) is 2.46. The van der Waals surface area contributed by atoms with E-state index in [1.807, 2.05) is 36.7 Å². The second-order valence-corrected chi connectivity index (χ2v) is 5.46. The van der Waals surface area contributed by atoms with Gasteiger partial charge in [0, 0.05) is 17.6 Å². The van der Waals surface area contributed by atoms with Crippen molar-refractivity contribution < 1.29 is 9.90 Å². The van der Waals surface area contributed by atoms with Gasteiger partial charge in [-0.1, -0.05) is 11.6 Å². The molecule has 1 N–H and O–H groups in total. The van der Waals surface area contributed by atoms with Crippen molar-refractivity contribution in [2.45, 2.75) is 6.92 Å². The van der Waals surface area contributed by atoms with Gasteiger partial charge in [0.15, 0.2) is 0 Å². The highest BCUT2D eigenvalue weighted by Crippen LogP contribution is 2.27. The van der Waals surface area contributed by atoms with E-state index in [-0.39, 0.29) is 5.56 Å². The Morgan fingerprint density at radius 1 is 1.24 bits per heavy atom. The molecule has 21 heavy (non-hydrogen) atoms. The molecule has 5 heteroatoms. The van der Waals surface area contributed by atoms with E-state index in [2.05, 4.69) is 4.98 Å². The molecule has 0 atom stereocenters. The molecule has 1 heterocycles. The molecule has 1 aromatic heterocycles. The van der Waals surface area contributed by atoms with Gasteiger partial charge in [-0.25, -0.2) is 9.78 Å². The lowest BCUT2D eigenvalue weighted by Gasteiger charge is -2.04. The third-order valence-corrected chi connectivity index (χ3v) is 3.65. The Balaban J connectivity index is 2.23. The lowest BCUT2D eigenvalue weighted by atomic mass is 10.1. The molecule has 0 aliphatic carbocycles. The van der Waals surface area contributed by atoms with Crippen LogP contribution in [-0.4, -0.2) is 20.6 Å². The maximum Gasteiger partial charge on any atom is 0.335 e. The second kappa shape index (κ2) is 4.90. The molecule has 3 aromatic rings. The van der Waals surface area contributed by atoms with Crippen molar-refractivity contribution in [3.05, 3.63) is 52.5 Å². The topological polar surface area (TPSA) is 55.1 Å². The van der Waals surface area contributed by atoms with Crippen molar-refractivity contribution >= 4 is 28.6 Å². The van der Waals surface area contributed by atoms with Gasteiger partial charge < -0.3 is 9.67 Å². The maximum atomic E-state index is 11.0. The van der Waals surface area contributed by atoms with Crippen LogP contribution < -0.4 is 0 Å². The normalized spacial score (nSPS) is 11.0. The Kier molecular flexibility index (Phi) is 3.18. The van der Waals surface area contributed by atoms with Gasteiger partial charge in [0.2, 0.25) is 0 Å². The third-order valence-electron chi connectivity index (χ3n) is 3.43. The first-order chi connectivity index (χ1) is 9.95. The minimum absolute atomic E-state index is 0.231. The molecule has 2 aromatic carbocycles. The number of rotatable bonds is 2. The molecular weight excluding hydrogens is 288 g/mol. The number of fused-ring (bicyclic) bond motifs is 1. The number of carboxylic acids is 1. The molecule has 0 saturated carbocycles. The molecule has 0 spiro atoms. The third kappa shape index (κ3) is 2.38. The zero-order valence-electron chi connectivity index (χ0n) is 11.6. The van der Waals surface area contributed by atoms with Crippen LogP contribution in [-0.2, 0) is 7.05 Å². The van der Waals surface area contributed by atoms with E-state index in [1.54, 1.807) is 18.2 Å². The second-order valence-electron chi connectivity index (χ2n) is 5.02. The van der Waals surface area contributed by atoms with E-state index in [4.69, 9.17) is 16.7 Å². The molecule has 3 rings (SSSR count). The van der Waals surface area contributed by atoms with Gasteiger partial charge in [-0.15, -0.1) is 0 Å². The Morgan fingerprint density at radius 3 is 2.67 bits per heavy atom. The van der Waals surface area contributed by atoms with E-state index in [9.17, 15) is 4.79 Å². The fourth-order valence-corrected chi connectivity index (χ4v) is 2.75. The van der Waals surface area contributed by atoms with Crippen LogP contribution in [0.1, 0.15) is 15.9 Å². The first-order valence-electron chi connectivity index (χ1n) is 6.43. The number of hydrogen-bond acceptors (Lipinski definition) is 2. The number of aryl methyl sites for hydroxylation is 2. The summed E-state index contributed by atoms with van der Waals surface area (Å²) >= 11 is 6.10. The number of halogens is 1. The number of carboxylic acid groups (broad SMARTS) is 1. The molecule has 0 aliphatic rings. The van der Waals surface area contributed by atoms with E-state index >= 15 is 0 Å². The van der Waals surface area contributed by atoms with E-state index in [1.165, 1.54) is 0 Å². The highest BCUT2D eigenvalue weighted by molar-refractivity contribution is 6.30. The number of hydrogen-bond donors (Lipinski definition) is 1. The molecule has 0 unspecified atom stereocenters. The smallest absolute Gasteiger partial charge is 0.335 e. The largest absolute Gasteiger partial charge is 0.478 e. The number of aromatic carboxylic acids is 1. The van der Waals surface area contributed by atoms with Crippen LogP contribution in [0, 0.1) is 6.92 Å². The summed E-state index contributed by atoms with van der Waals surface area (Å²) in [6.07, 6.45) is 0. The first-order valence-corrected chi connectivity index (χ1v) is 6.81. The maximum absolute atomic E-state index is 11.0. The summed E-state index contributed by atoms with van der Waals surface area (Å²) in [5.74, 6) is -0.194. The Bertz CT molecular complexity index is 848. The molecule has 106 valence electrons.